The Morgan fingerprint density at radius 3 is 2.62 bits per heavy atom. The fourth-order valence-electron chi connectivity index (χ4n) is 1.46. The third-order valence-corrected chi connectivity index (χ3v) is 2.44. The van der Waals surface area contributed by atoms with E-state index in [9.17, 15) is 4.79 Å². The molecule has 0 aliphatic carbocycles. The van der Waals surface area contributed by atoms with Crippen molar-refractivity contribution in [2.75, 3.05) is 6.54 Å². The lowest BCUT2D eigenvalue weighted by atomic mass is 10.1. The average molecular weight is 222 g/mol. The lowest BCUT2D eigenvalue weighted by molar-refractivity contribution is -0.118. The zero-order chi connectivity index (χ0) is 12.0. The first kappa shape index (κ1) is 12.5. The molecule has 0 spiro atoms. The van der Waals surface area contributed by atoms with Crippen molar-refractivity contribution in [3.8, 4) is 5.75 Å². The van der Waals surface area contributed by atoms with Gasteiger partial charge in [0, 0.05) is 12.5 Å². The number of nitrogens with two attached hydrogens (primary N) is 1. The summed E-state index contributed by atoms with van der Waals surface area (Å²) in [4.78, 5) is 10.5. The fraction of sp³-hybridized carbons (Fsp3) is 0.417. The van der Waals surface area contributed by atoms with E-state index in [1.54, 1.807) is 12.1 Å². The summed E-state index contributed by atoms with van der Waals surface area (Å²) < 4.78 is 0. The van der Waals surface area contributed by atoms with Crippen molar-refractivity contribution in [2.24, 2.45) is 5.73 Å². The first-order chi connectivity index (χ1) is 7.59. The molecule has 4 N–H and O–H groups in total. The van der Waals surface area contributed by atoms with Crippen LogP contribution in [0.2, 0.25) is 0 Å². The van der Waals surface area contributed by atoms with Crippen molar-refractivity contribution in [3.63, 3.8) is 0 Å². The highest BCUT2D eigenvalue weighted by Crippen LogP contribution is 2.16. The van der Waals surface area contributed by atoms with Gasteiger partial charge in [-0.2, -0.15) is 0 Å². The third kappa shape index (κ3) is 4.31. The lowest BCUT2D eigenvalue weighted by Gasteiger charge is -2.13. The van der Waals surface area contributed by atoms with Gasteiger partial charge in [0.15, 0.2) is 0 Å². The van der Waals surface area contributed by atoms with Gasteiger partial charge in [0.2, 0.25) is 5.91 Å². The smallest absolute Gasteiger partial charge is 0.217 e. The van der Waals surface area contributed by atoms with Crippen molar-refractivity contribution in [1.29, 1.82) is 0 Å². The molecule has 1 unspecified atom stereocenters. The van der Waals surface area contributed by atoms with Crippen LogP contribution in [0.1, 0.15) is 31.4 Å². The largest absolute Gasteiger partial charge is 0.508 e. The quantitative estimate of drug-likeness (QED) is 0.635. The molecule has 1 aromatic carbocycles. The highest BCUT2D eigenvalue weighted by Gasteiger charge is 2.04. The summed E-state index contributed by atoms with van der Waals surface area (Å²) in [6, 6.07) is 7.28. The highest BCUT2D eigenvalue weighted by atomic mass is 16.3. The first-order valence-electron chi connectivity index (χ1n) is 5.40. The van der Waals surface area contributed by atoms with Crippen LogP contribution in [0.4, 0.5) is 0 Å². The van der Waals surface area contributed by atoms with Crippen LogP contribution in [-0.4, -0.2) is 17.6 Å². The van der Waals surface area contributed by atoms with E-state index in [1.807, 2.05) is 19.1 Å². The average Bonchev–Trinajstić information content (AvgIpc) is 2.25. The van der Waals surface area contributed by atoms with E-state index >= 15 is 0 Å². The van der Waals surface area contributed by atoms with Gasteiger partial charge in [-0.3, -0.25) is 4.79 Å². The zero-order valence-corrected chi connectivity index (χ0v) is 9.44. The van der Waals surface area contributed by atoms with Crippen molar-refractivity contribution in [2.45, 2.75) is 25.8 Å². The van der Waals surface area contributed by atoms with Gasteiger partial charge in [0.05, 0.1) is 0 Å². The van der Waals surface area contributed by atoms with Crippen molar-refractivity contribution >= 4 is 5.91 Å². The number of amides is 1. The van der Waals surface area contributed by atoms with Crippen LogP contribution in [0.15, 0.2) is 24.3 Å². The number of phenolic OH excluding ortho intramolecular Hbond substituents is 1. The number of aromatic hydroxyl groups is 1. The van der Waals surface area contributed by atoms with Gasteiger partial charge in [-0.25, -0.2) is 0 Å². The van der Waals surface area contributed by atoms with Crippen molar-refractivity contribution in [3.05, 3.63) is 29.8 Å². The van der Waals surface area contributed by atoms with Crippen LogP contribution in [0, 0.1) is 0 Å². The summed E-state index contributed by atoms with van der Waals surface area (Å²) >= 11 is 0. The van der Waals surface area contributed by atoms with Crippen LogP contribution in [-0.2, 0) is 4.79 Å². The minimum atomic E-state index is -0.265. The van der Waals surface area contributed by atoms with Crippen molar-refractivity contribution in [1.82, 2.24) is 5.32 Å². The summed E-state index contributed by atoms with van der Waals surface area (Å²) in [6.07, 6.45) is 1.16. The molecule has 0 saturated heterocycles. The number of hydrogen-bond donors (Lipinski definition) is 3. The zero-order valence-electron chi connectivity index (χ0n) is 9.44. The molecule has 88 valence electrons. The Hall–Kier alpha value is -1.55. The number of phenols is 1. The maximum atomic E-state index is 10.5. The SMILES string of the molecule is CC(NCCCC(N)=O)c1ccc(O)cc1. The number of hydrogen-bond acceptors (Lipinski definition) is 3. The molecule has 0 aromatic heterocycles. The second-order valence-corrected chi connectivity index (χ2v) is 3.84. The van der Waals surface area contributed by atoms with Crippen LogP contribution >= 0.6 is 0 Å². The fourth-order valence-corrected chi connectivity index (χ4v) is 1.46. The number of carbonyl (C=O) groups is 1. The van der Waals surface area contributed by atoms with Gasteiger partial charge in [0.1, 0.15) is 5.75 Å². The van der Waals surface area contributed by atoms with Crippen LogP contribution in [0.25, 0.3) is 0 Å². The molecule has 0 bridgehead atoms. The molecule has 0 aliphatic rings. The molecule has 0 saturated carbocycles. The Kier molecular flexibility index (Phi) is 4.79. The number of primary amides is 1. The Morgan fingerprint density at radius 1 is 1.44 bits per heavy atom. The molecule has 1 amide bonds. The van der Waals surface area contributed by atoms with E-state index in [0.29, 0.717) is 6.42 Å². The molecule has 0 heterocycles. The third-order valence-electron chi connectivity index (χ3n) is 2.44. The van der Waals surface area contributed by atoms with Crippen LogP contribution in [0.5, 0.6) is 5.75 Å². The van der Waals surface area contributed by atoms with E-state index in [-0.39, 0.29) is 17.7 Å². The summed E-state index contributed by atoms with van der Waals surface area (Å²) in [7, 11) is 0. The number of nitrogens with one attached hydrogen (secondary N) is 1. The lowest BCUT2D eigenvalue weighted by Crippen LogP contribution is -2.21. The summed E-state index contributed by atoms with van der Waals surface area (Å²) in [5, 5.41) is 12.4. The summed E-state index contributed by atoms with van der Waals surface area (Å²) in [5.74, 6) is 0.00349. The monoisotopic (exact) mass is 222 g/mol. The summed E-state index contributed by atoms with van der Waals surface area (Å²) in [5.41, 5.74) is 6.15. The normalized spacial score (nSPS) is 12.3. The second-order valence-electron chi connectivity index (χ2n) is 3.84. The number of benzene rings is 1. The van der Waals surface area contributed by atoms with E-state index < -0.39 is 0 Å². The van der Waals surface area contributed by atoms with E-state index in [4.69, 9.17) is 10.8 Å². The molecule has 0 aliphatic heterocycles. The molecule has 0 fully saturated rings. The Morgan fingerprint density at radius 2 is 2.06 bits per heavy atom. The Labute approximate surface area is 95.5 Å². The molecule has 0 radical (unpaired) electrons. The van der Waals surface area contributed by atoms with Crippen LogP contribution < -0.4 is 11.1 Å². The minimum absolute atomic E-state index is 0.202. The number of carbonyl (C=O) groups excluding carboxylic acids is 1. The first-order valence-corrected chi connectivity index (χ1v) is 5.40. The van der Waals surface area contributed by atoms with E-state index in [0.717, 1.165) is 18.5 Å². The molecular formula is C12H18N2O2. The predicted octanol–water partition coefficient (Wildman–Crippen LogP) is 1.31. The molecule has 4 nitrogen and oxygen atoms in total. The van der Waals surface area contributed by atoms with Gasteiger partial charge < -0.3 is 16.2 Å². The van der Waals surface area contributed by atoms with Crippen molar-refractivity contribution < 1.29 is 9.90 Å². The molecule has 16 heavy (non-hydrogen) atoms. The molecule has 1 atom stereocenters. The molecular weight excluding hydrogens is 204 g/mol. The maximum Gasteiger partial charge on any atom is 0.217 e. The van der Waals surface area contributed by atoms with Gasteiger partial charge in [-0.05, 0) is 37.6 Å². The Bertz CT molecular complexity index is 335. The Balaban J connectivity index is 2.32. The van der Waals surface area contributed by atoms with Gasteiger partial charge in [0.25, 0.3) is 0 Å². The topological polar surface area (TPSA) is 75.3 Å². The van der Waals surface area contributed by atoms with E-state index in [2.05, 4.69) is 5.32 Å². The van der Waals surface area contributed by atoms with Gasteiger partial charge in [-0.1, -0.05) is 12.1 Å². The minimum Gasteiger partial charge on any atom is -0.508 e. The van der Waals surface area contributed by atoms with Gasteiger partial charge >= 0.3 is 0 Å². The summed E-state index contributed by atoms with van der Waals surface area (Å²) in [6.45, 7) is 2.79. The molecule has 4 heteroatoms. The molecule has 1 aromatic rings. The predicted molar refractivity (Wildman–Crippen MR) is 63.0 cm³/mol. The van der Waals surface area contributed by atoms with E-state index in [1.165, 1.54) is 0 Å². The van der Waals surface area contributed by atoms with Crippen LogP contribution in [0.3, 0.4) is 0 Å². The maximum absolute atomic E-state index is 10.5. The molecule has 1 rings (SSSR count). The number of rotatable bonds is 6. The highest BCUT2D eigenvalue weighted by molar-refractivity contribution is 5.73. The van der Waals surface area contributed by atoms with Gasteiger partial charge in [-0.15, -0.1) is 0 Å². The standard InChI is InChI=1S/C12H18N2O2/c1-9(14-8-2-3-12(13)16)10-4-6-11(15)7-5-10/h4-7,9,14-15H,2-3,8H2,1H3,(H2,13,16). The second kappa shape index (κ2) is 6.12.